The zero-order valence-electron chi connectivity index (χ0n) is 16.4. The van der Waals surface area contributed by atoms with Crippen LogP contribution in [0.1, 0.15) is 103 Å². The molecule has 0 amide bonds. The van der Waals surface area contributed by atoms with Gasteiger partial charge in [0.15, 0.2) is 0 Å². The molecule has 0 atom stereocenters. The fourth-order valence-electron chi connectivity index (χ4n) is 3.80. The van der Waals surface area contributed by atoms with Crippen LogP contribution in [0.3, 0.4) is 0 Å². The molecule has 0 aromatic carbocycles. The highest BCUT2D eigenvalue weighted by Crippen LogP contribution is 2.37. The molecule has 1 aliphatic rings. The molecule has 0 radical (unpaired) electrons. The van der Waals surface area contributed by atoms with Crippen LogP contribution in [0.25, 0.3) is 0 Å². The first kappa shape index (κ1) is 21.9. The molecule has 0 N–H and O–H groups in total. The van der Waals surface area contributed by atoms with Gasteiger partial charge in [-0.25, -0.2) is 0 Å². The lowest BCUT2D eigenvalue weighted by molar-refractivity contribution is -0.143. The van der Waals surface area contributed by atoms with Gasteiger partial charge in [0, 0.05) is 12.8 Å². The van der Waals surface area contributed by atoms with Gasteiger partial charge in [0.05, 0.1) is 5.41 Å². The van der Waals surface area contributed by atoms with E-state index in [1.807, 2.05) is 0 Å². The largest absolute Gasteiger partial charge is 0.299 e. The highest BCUT2D eigenvalue weighted by atomic mass is 16.2. The Hall–Kier alpha value is -1.18. The zero-order valence-corrected chi connectivity index (χ0v) is 16.4. The lowest BCUT2D eigenvalue weighted by Gasteiger charge is -2.32. The molecule has 0 aromatic rings. The maximum absolute atomic E-state index is 12.3. The predicted octanol–water partition coefficient (Wildman–Crippen LogP) is 6.74. The van der Waals surface area contributed by atoms with E-state index in [2.05, 4.69) is 25.7 Å². The van der Waals surface area contributed by atoms with Gasteiger partial charge in [-0.2, -0.15) is 0 Å². The Morgan fingerprint density at radius 2 is 1.40 bits per heavy atom. The maximum Gasteiger partial charge on any atom is 0.147 e. The van der Waals surface area contributed by atoms with E-state index in [1.54, 1.807) is 6.08 Å². The fourth-order valence-corrected chi connectivity index (χ4v) is 3.80. The molecule has 0 heterocycles. The van der Waals surface area contributed by atoms with Crippen LogP contribution in [0.2, 0.25) is 0 Å². The summed E-state index contributed by atoms with van der Waals surface area (Å²) in [5.41, 5.74) is -0.797. The third-order valence-corrected chi connectivity index (χ3v) is 5.48. The smallest absolute Gasteiger partial charge is 0.147 e. The van der Waals surface area contributed by atoms with Crippen LogP contribution < -0.4 is 0 Å². The summed E-state index contributed by atoms with van der Waals surface area (Å²) in [6.45, 7) is 6.01. The molecule has 0 unspecified atom stereocenters. The van der Waals surface area contributed by atoms with Crippen LogP contribution in [-0.2, 0) is 9.59 Å². The predicted molar refractivity (Wildman–Crippen MR) is 107 cm³/mol. The zero-order chi connectivity index (χ0) is 18.4. The van der Waals surface area contributed by atoms with Crippen molar-refractivity contribution in [2.45, 2.75) is 103 Å². The summed E-state index contributed by atoms with van der Waals surface area (Å²) in [5.74, 6) is 0.243. The van der Waals surface area contributed by atoms with Gasteiger partial charge in [-0.1, -0.05) is 76.5 Å². The highest BCUT2D eigenvalue weighted by Gasteiger charge is 2.44. The number of rotatable bonds is 14. The topological polar surface area (TPSA) is 34.1 Å². The average Bonchev–Trinajstić information content (AvgIpc) is 2.60. The van der Waals surface area contributed by atoms with Crippen molar-refractivity contribution in [2.24, 2.45) is 5.41 Å². The first-order valence-corrected chi connectivity index (χ1v) is 10.5. The second kappa shape index (κ2) is 13.1. The van der Waals surface area contributed by atoms with Crippen LogP contribution in [0, 0.1) is 5.41 Å². The molecule has 2 nitrogen and oxygen atoms in total. The Labute approximate surface area is 155 Å². The number of hydrogen-bond donors (Lipinski definition) is 0. The van der Waals surface area contributed by atoms with E-state index in [9.17, 15) is 9.59 Å². The van der Waals surface area contributed by atoms with E-state index in [-0.39, 0.29) is 11.6 Å². The van der Waals surface area contributed by atoms with Gasteiger partial charge in [0.1, 0.15) is 11.6 Å². The number of hydrogen-bond acceptors (Lipinski definition) is 2. The van der Waals surface area contributed by atoms with Crippen molar-refractivity contribution in [2.75, 3.05) is 0 Å². The van der Waals surface area contributed by atoms with Crippen molar-refractivity contribution >= 4 is 11.6 Å². The molecule has 1 aliphatic carbocycles. The van der Waals surface area contributed by atoms with Gasteiger partial charge in [0.25, 0.3) is 0 Å². The molecule has 0 aromatic heterocycles. The van der Waals surface area contributed by atoms with Crippen LogP contribution in [-0.4, -0.2) is 11.6 Å². The van der Waals surface area contributed by atoms with E-state index in [1.165, 1.54) is 57.8 Å². The molecule has 1 fully saturated rings. The van der Waals surface area contributed by atoms with Gasteiger partial charge < -0.3 is 0 Å². The molecule has 25 heavy (non-hydrogen) atoms. The maximum atomic E-state index is 12.3. The Morgan fingerprint density at radius 1 is 0.840 bits per heavy atom. The highest BCUT2D eigenvalue weighted by molar-refractivity contribution is 6.09. The Balaban J connectivity index is 2.19. The van der Waals surface area contributed by atoms with E-state index in [0.29, 0.717) is 25.7 Å². The monoisotopic (exact) mass is 346 g/mol. The number of Topliss-reactive ketones (excluding diaryl/α,β-unsaturated/α-hetero) is 2. The number of unbranched alkanes of at least 4 members (excludes halogenated alkanes) is 9. The van der Waals surface area contributed by atoms with Crippen LogP contribution in [0.4, 0.5) is 0 Å². The van der Waals surface area contributed by atoms with Crippen LogP contribution in [0.15, 0.2) is 24.8 Å². The van der Waals surface area contributed by atoms with E-state index >= 15 is 0 Å². The molecule has 0 saturated heterocycles. The normalized spacial score (nSPS) is 17.3. The summed E-state index contributed by atoms with van der Waals surface area (Å²) >= 11 is 0. The SMILES string of the molecule is C=CCC1(C/C=C/CCCCCCCCCCC)C(=O)CCCC1=O. The quantitative estimate of drug-likeness (QED) is 0.198. The van der Waals surface area contributed by atoms with Crippen molar-refractivity contribution in [3.05, 3.63) is 24.8 Å². The molecule has 2 heteroatoms. The van der Waals surface area contributed by atoms with Gasteiger partial charge in [-0.05, 0) is 32.1 Å². The van der Waals surface area contributed by atoms with Crippen molar-refractivity contribution in [3.8, 4) is 0 Å². The summed E-state index contributed by atoms with van der Waals surface area (Å²) in [4.78, 5) is 24.7. The van der Waals surface area contributed by atoms with Gasteiger partial charge in [-0.15, -0.1) is 6.58 Å². The molecule has 1 saturated carbocycles. The lowest BCUT2D eigenvalue weighted by atomic mass is 9.67. The number of carbonyl (C=O) groups is 2. The Kier molecular flexibility index (Phi) is 11.4. The van der Waals surface area contributed by atoms with Crippen molar-refractivity contribution in [1.82, 2.24) is 0 Å². The minimum Gasteiger partial charge on any atom is -0.299 e. The second-order valence-electron chi connectivity index (χ2n) is 7.57. The Bertz CT molecular complexity index is 417. The van der Waals surface area contributed by atoms with Crippen molar-refractivity contribution < 1.29 is 9.59 Å². The lowest BCUT2D eigenvalue weighted by Crippen LogP contribution is -2.41. The number of allylic oxidation sites excluding steroid dienone is 3. The molecular formula is C23H38O2. The fraction of sp³-hybridized carbons (Fsp3) is 0.739. The average molecular weight is 347 g/mol. The molecule has 0 aliphatic heterocycles. The summed E-state index contributed by atoms with van der Waals surface area (Å²) in [5, 5.41) is 0. The van der Waals surface area contributed by atoms with Crippen LogP contribution >= 0.6 is 0 Å². The second-order valence-corrected chi connectivity index (χ2v) is 7.57. The molecule has 1 rings (SSSR count). The third kappa shape index (κ3) is 7.71. The van der Waals surface area contributed by atoms with Gasteiger partial charge in [-0.3, -0.25) is 9.59 Å². The molecule has 142 valence electrons. The summed E-state index contributed by atoms with van der Waals surface area (Å²) in [6.07, 6.45) is 21.9. The van der Waals surface area contributed by atoms with E-state index in [4.69, 9.17) is 0 Å². The standard InChI is InChI=1S/C23H38O2/c1-3-5-6-7-8-9-10-11-12-13-14-15-20-23(19-4-2)21(24)17-16-18-22(23)25/h4,14-15H,2-3,5-13,16-20H2,1H3/b15-14+. The number of carbonyl (C=O) groups excluding carboxylic acids is 2. The minimum absolute atomic E-state index is 0.122. The van der Waals surface area contributed by atoms with Gasteiger partial charge >= 0.3 is 0 Å². The van der Waals surface area contributed by atoms with Gasteiger partial charge in [0.2, 0.25) is 0 Å². The molecule has 0 bridgehead atoms. The third-order valence-electron chi connectivity index (χ3n) is 5.48. The first-order valence-electron chi connectivity index (χ1n) is 10.5. The molecular weight excluding hydrogens is 308 g/mol. The summed E-state index contributed by atoms with van der Waals surface area (Å²) < 4.78 is 0. The first-order chi connectivity index (χ1) is 12.2. The number of ketones is 2. The Morgan fingerprint density at radius 3 is 1.96 bits per heavy atom. The van der Waals surface area contributed by atoms with Crippen molar-refractivity contribution in [1.29, 1.82) is 0 Å². The van der Waals surface area contributed by atoms with Crippen LogP contribution in [0.5, 0.6) is 0 Å². The van der Waals surface area contributed by atoms with E-state index in [0.717, 1.165) is 12.8 Å². The molecule has 0 spiro atoms. The minimum atomic E-state index is -0.797. The summed E-state index contributed by atoms with van der Waals surface area (Å²) in [7, 11) is 0. The van der Waals surface area contributed by atoms with Crippen molar-refractivity contribution in [3.63, 3.8) is 0 Å². The van der Waals surface area contributed by atoms with E-state index < -0.39 is 5.41 Å². The summed E-state index contributed by atoms with van der Waals surface area (Å²) in [6, 6.07) is 0.